The molecule has 2 nitrogen and oxygen atoms in total. The molecule has 0 heterocycles. The summed E-state index contributed by atoms with van der Waals surface area (Å²) in [5, 5.41) is 0. The Hall–Kier alpha value is -1.38. The molecule has 0 radical (unpaired) electrons. The molecular weight excluding hydrogens is 243 g/mol. The van der Waals surface area contributed by atoms with Crippen molar-refractivity contribution in [3.05, 3.63) is 35.1 Å². The van der Waals surface area contributed by atoms with Crippen LogP contribution >= 0.6 is 0 Å². The van der Waals surface area contributed by atoms with E-state index >= 15 is 0 Å². The minimum absolute atomic E-state index is 0.0797. The fourth-order valence-corrected chi connectivity index (χ4v) is 2.53. The highest BCUT2D eigenvalue weighted by molar-refractivity contribution is 5.69. The summed E-state index contributed by atoms with van der Waals surface area (Å²) < 4.78 is 18.6. The van der Waals surface area contributed by atoms with E-state index in [9.17, 15) is 9.18 Å². The first-order chi connectivity index (χ1) is 8.86. The second kappa shape index (κ2) is 6.69. The number of rotatable bonds is 5. The van der Waals surface area contributed by atoms with E-state index < -0.39 is 0 Å². The average molecular weight is 266 g/mol. The molecule has 0 spiro atoms. The normalized spacial score (nSPS) is 14.3. The van der Waals surface area contributed by atoms with Crippen LogP contribution in [0.25, 0.3) is 0 Å². The molecule has 0 N–H and O–H groups in total. The van der Waals surface area contributed by atoms with Crippen molar-refractivity contribution < 1.29 is 13.9 Å². The standard InChI is InChI=1S/C16H23FO2/c1-6-15(18)19-12(5)16(10(2)3)14-8-7-13(17)9-11(14)4/h7-10,12,16H,6H2,1-5H3/t12?,16-/m1/s1. The zero-order valence-corrected chi connectivity index (χ0v) is 12.4. The average Bonchev–Trinajstić information content (AvgIpc) is 2.31. The molecule has 1 rings (SSSR count). The molecule has 0 aliphatic heterocycles. The quantitative estimate of drug-likeness (QED) is 0.746. The van der Waals surface area contributed by atoms with Crippen molar-refractivity contribution in [1.82, 2.24) is 0 Å². The van der Waals surface area contributed by atoms with E-state index in [1.165, 1.54) is 12.1 Å². The maximum absolute atomic E-state index is 13.2. The lowest BCUT2D eigenvalue weighted by Gasteiger charge is -2.29. The second-order valence-electron chi connectivity index (χ2n) is 5.32. The second-order valence-corrected chi connectivity index (χ2v) is 5.32. The predicted octanol–water partition coefficient (Wildman–Crippen LogP) is 4.22. The van der Waals surface area contributed by atoms with Crippen LogP contribution in [0.5, 0.6) is 0 Å². The zero-order valence-electron chi connectivity index (χ0n) is 12.4. The van der Waals surface area contributed by atoms with Gasteiger partial charge in [0, 0.05) is 12.3 Å². The summed E-state index contributed by atoms with van der Waals surface area (Å²) >= 11 is 0. The van der Waals surface area contributed by atoms with Crippen molar-refractivity contribution in [3.63, 3.8) is 0 Å². The molecule has 0 aromatic heterocycles. The van der Waals surface area contributed by atoms with Crippen LogP contribution < -0.4 is 0 Å². The van der Waals surface area contributed by atoms with E-state index in [1.54, 1.807) is 13.0 Å². The Labute approximate surface area is 115 Å². The van der Waals surface area contributed by atoms with E-state index in [0.717, 1.165) is 11.1 Å². The number of carbonyl (C=O) groups excluding carboxylic acids is 1. The largest absolute Gasteiger partial charge is 0.462 e. The SMILES string of the molecule is CCC(=O)OC(C)[C@H](c1ccc(F)cc1C)C(C)C. The van der Waals surface area contributed by atoms with Gasteiger partial charge in [-0.25, -0.2) is 4.39 Å². The Morgan fingerprint density at radius 3 is 2.42 bits per heavy atom. The Morgan fingerprint density at radius 2 is 1.95 bits per heavy atom. The predicted molar refractivity (Wildman–Crippen MR) is 74.6 cm³/mol. The first kappa shape index (κ1) is 15.7. The van der Waals surface area contributed by atoms with Gasteiger partial charge in [0.15, 0.2) is 0 Å². The molecule has 2 atom stereocenters. The Bertz CT molecular complexity index is 440. The molecule has 1 aromatic carbocycles. The number of hydrogen-bond donors (Lipinski definition) is 0. The van der Waals surface area contributed by atoms with Crippen LogP contribution in [0.2, 0.25) is 0 Å². The summed E-state index contributed by atoms with van der Waals surface area (Å²) in [6, 6.07) is 4.79. The lowest BCUT2D eigenvalue weighted by molar-refractivity contribution is -0.149. The summed E-state index contributed by atoms with van der Waals surface area (Å²) in [6.45, 7) is 9.75. The Balaban J connectivity index is 3.03. The lowest BCUT2D eigenvalue weighted by atomic mass is 9.82. The van der Waals surface area contributed by atoms with Gasteiger partial charge in [-0.05, 0) is 43.0 Å². The number of hydrogen-bond acceptors (Lipinski definition) is 2. The maximum atomic E-state index is 13.2. The van der Waals surface area contributed by atoms with Gasteiger partial charge in [-0.1, -0.05) is 26.8 Å². The third kappa shape index (κ3) is 4.05. The maximum Gasteiger partial charge on any atom is 0.305 e. The third-order valence-corrected chi connectivity index (χ3v) is 3.42. The van der Waals surface area contributed by atoms with Gasteiger partial charge in [-0.3, -0.25) is 4.79 Å². The summed E-state index contributed by atoms with van der Waals surface area (Å²) in [6.07, 6.45) is 0.161. The number of esters is 1. The van der Waals surface area contributed by atoms with Crippen LogP contribution in [0.4, 0.5) is 4.39 Å². The first-order valence-electron chi connectivity index (χ1n) is 6.82. The van der Waals surface area contributed by atoms with Crippen molar-refractivity contribution in [2.45, 2.75) is 53.1 Å². The van der Waals surface area contributed by atoms with Crippen LogP contribution in [0.1, 0.15) is 51.2 Å². The van der Waals surface area contributed by atoms with Gasteiger partial charge in [0.05, 0.1) is 0 Å². The summed E-state index contributed by atoms with van der Waals surface area (Å²) in [4.78, 5) is 11.4. The molecule has 0 aliphatic carbocycles. The number of aryl methyl sites for hydroxylation is 1. The molecule has 0 aliphatic rings. The fraction of sp³-hybridized carbons (Fsp3) is 0.562. The summed E-state index contributed by atoms with van der Waals surface area (Å²) in [7, 11) is 0. The van der Waals surface area contributed by atoms with Crippen LogP contribution in [0.3, 0.4) is 0 Å². The third-order valence-electron chi connectivity index (χ3n) is 3.42. The van der Waals surface area contributed by atoms with Crippen molar-refractivity contribution in [2.75, 3.05) is 0 Å². The monoisotopic (exact) mass is 266 g/mol. The smallest absolute Gasteiger partial charge is 0.305 e. The topological polar surface area (TPSA) is 26.3 Å². The van der Waals surface area contributed by atoms with Gasteiger partial charge in [0.25, 0.3) is 0 Å². The minimum atomic E-state index is -0.234. The molecular formula is C16H23FO2. The fourth-order valence-electron chi connectivity index (χ4n) is 2.53. The molecule has 19 heavy (non-hydrogen) atoms. The highest BCUT2D eigenvalue weighted by Gasteiger charge is 2.26. The van der Waals surface area contributed by atoms with Crippen molar-refractivity contribution in [1.29, 1.82) is 0 Å². The first-order valence-corrected chi connectivity index (χ1v) is 6.82. The van der Waals surface area contributed by atoms with Gasteiger partial charge >= 0.3 is 5.97 Å². The number of ether oxygens (including phenoxy) is 1. The molecule has 3 heteroatoms. The molecule has 0 saturated carbocycles. The van der Waals surface area contributed by atoms with Gasteiger partial charge in [-0.2, -0.15) is 0 Å². The molecule has 0 bridgehead atoms. The van der Waals surface area contributed by atoms with E-state index in [1.807, 2.05) is 13.8 Å². The number of halogens is 1. The number of carbonyl (C=O) groups is 1. The van der Waals surface area contributed by atoms with Gasteiger partial charge in [0.1, 0.15) is 11.9 Å². The van der Waals surface area contributed by atoms with Crippen LogP contribution in [0, 0.1) is 18.7 Å². The number of benzene rings is 1. The molecule has 106 valence electrons. The van der Waals surface area contributed by atoms with E-state index in [0.29, 0.717) is 12.3 Å². The molecule has 1 aromatic rings. The minimum Gasteiger partial charge on any atom is -0.462 e. The molecule has 0 fully saturated rings. The van der Waals surface area contributed by atoms with E-state index in [-0.39, 0.29) is 23.8 Å². The highest BCUT2D eigenvalue weighted by atomic mass is 19.1. The van der Waals surface area contributed by atoms with E-state index in [2.05, 4.69) is 13.8 Å². The van der Waals surface area contributed by atoms with Crippen LogP contribution in [-0.4, -0.2) is 12.1 Å². The molecule has 0 amide bonds. The van der Waals surface area contributed by atoms with Crippen LogP contribution in [-0.2, 0) is 9.53 Å². The van der Waals surface area contributed by atoms with Crippen molar-refractivity contribution >= 4 is 5.97 Å². The Kier molecular flexibility index (Phi) is 5.52. The van der Waals surface area contributed by atoms with Crippen molar-refractivity contribution in [2.24, 2.45) is 5.92 Å². The van der Waals surface area contributed by atoms with Gasteiger partial charge in [-0.15, -0.1) is 0 Å². The lowest BCUT2D eigenvalue weighted by Crippen LogP contribution is -2.26. The van der Waals surface area contributed by atoms with Crippen LogP contribution in [0.15, 0.2) is 18.2 Å². The molecule has 1 unspecified atom stereocenters. The Morgan fingerprint density at radius 1 is 1.32 bits per heavy atom. The summed E-state index contributed by atoms with van der Waals surface area (Å²) in [5.41, 5.74) is 1.95. The highest BCUT2D eigenvalue weighted by Crippen LogP contribution is 2.32. The zero-order chi connectivity index (χ0) is 14.6. The summed E-state index contributed by atoms with van der Waals surface area (Å²) in [5.74, 6) is -0.0419. The van der Waals surface area contributed by atoms with Gasteiger partial charge in [0.2, 0.25) is 0 Å². The van der Waals surface area contributed by atoms with Gasteiger partial charge < -0.3 is 4.74 Å². The van der Waals surface area contributed by atoms with E-state index in [4.69, 9.17) is 4.74 Å². The molecule has 0 saturated heterocycles. The van der Waals surface area contributed by atoms with Crippen molar-refractivity contribution in [3.8, 4) is 0 Å².